The molecular formula is C23H23N3O4S. The van der Waals surface area contributed by atoms with Crippen LogP contribution in [0.4, 0.5) is 16.2 Å². The topological polar surface area (TPSA) is 87.7 Å². The Morgan fingerprint density at radius 1 is 0.935 bits per heavy atom. The molecule has 160 valence electrons. The molecular weight excluding hydrogens is 414 g/mol. The normalized spacial score (nSPS) is 12.9. The van der Waals surface area contributed by atoms with Gasteiger partial charge in [-0.05, 0) is 53.1 Å². The van der Waals surface area contributed by atoms with E-state index in [4.69, 9.17) is 4.74 Å². The van der Waals surface area contributed by atoms with E-state index in [9.17, 15) is 13.2 Å². The largest absolute Gasteiger partial charge is 0.497 e. The zero-order valence-electron chi connectivity index (χ0n) is 17.0. The lowest BCUT2D eigenvalue weighted by Crippen LogP contribution is -2.30. The number of nitrogens with one attached hydrogen (secondary N) is 2. The van der Waals surface area contributed by atoms with Crippen molar-refractivity contribution in [1.82, 2.24) is 4.90 Å². The number of fused-ring (bicyclic) bond motifs is 1. The minimum Gasteiger partial charge on any atom is -0.497 e. The van der Waals surface area contributed by atoms with Crippen LogP contribution >= 0.6 is 0 Å². The van der Waals surface area contributed by atoms with Crippen LogP contribution in [-0.2, 0) is 28.9 Å². The monoisotopic (exact) mass is 437 g/mol. The van der Waals surface area contributed by atoms with Gasteiger partial charge in [0.15, 0.2) is 0 Å². The van der Waals surface area contributed by atoms with Gasteiger partial charge in [-0.1, -0.05) is 36.4 Å². The van der Waals surface area contributed by atoms with Gasteiger partial charge in [-0.15, -0.1) is 0 Å². The number of nitrogens with zero attached hydrogens (tertiary/aromatic N) is 1. The van der Waals surface area contributed by atoms with Gasteiger partial charge in [0.1, 0.15) is 5.75 Å². The number of rotatable bonds is 6. The molecule has 31 heavy (non-hydrogen) atoms. The third-order valence-electron chi connectivity index (χ3n) is 5.03. The van der Waals surface area contributed by atoms with Gasteiger partial charge in [0.25, 0.3) is 0 Å². The van der Waals surface area contributed by atoms with Crippen molar-refractivity contribution in [2.24, 2.45) is 0 Å². The third kappa shape index (κ3) is 5.16. The number of urea groups is 1. The number of carbonyl (C=O) groups excluding carboxylic acids is 1. The summed E-state index contributed by atoms with van der Waals surface area (Å²) in [6, 6.07) is 21.3. The first kappa shape index (κ1) is 20.7. The third-order valence-corrected chi connectivity index (χ3v) is 6.29. The molecule has 0 atom stereocenters. The van der Waals surface area contributed by atoms with Gasteiger partial charge in [0.2, 0.25) is 10.0 Å². The number of anilines is 2. The van der Waals surface area contributed by atoms with Crippen LogP contribution in [-0.4, -0.2) is 26.5 Å². The second-order valence-electron chi connectivity index (χ2n) is 7.34. The highest BCUT2D eigenvalue weighted by molar-refractivity contribution is 7.91. The molecule has 2 amide bonds. The summed E-state index contributed by atoms with van der Waals surface area (Å²) in [6.45, 7) is 1.15. The summed E-state index contributed by atoms with van der Waals surface area (Å²) in [5.41, 5.74) is 3.95. The number of amides is 2. The second-order valence-corrected chi connectivity index (χ2v) is 9.07. The van der Waals surface area contributed by atoms with Crippen molar-refractivity contribution in [1.29, 1.82) is 0 Å². The van der Waals surface area contributed by atoms with Gasteiger partial charge < -0.3 is 15.0 Å². The van der Waals surface area contributed by atoms with Crippen LogP contribution in [0.15, 0.2) is 72.8 Å². The zero-order chi connectivity index (χ0) is 21.8. The summed E-state index contributed by atoms with van der Waals surface area (Å²) in [4.78, 5) is 14.3. The number of ether oxygens (including phenoxy) is 1. The number of benzene rings is 3. The molecule has 0 bridgehead atoms. The number of sulfonamides is 1. The van der Waals surface area contributed by atoms with Crippen LogP contribution in [0.5, 0.6) is 5.75 Å². The molecule has 8 heteroatoms. The Morgan fingerprint density at radius 2 is 1.58 bits per heavy atom. The average molecular weight is 438 g/mol. The van der Waals surface area contributed by atoms with Gasteiger partial charge in [0, 0.05) is 24.5 Å². The van der Waals surface area contributed by atoms with Gasteiger partial charge in [-0.25, -0.2) is 13.2 Å². The fraction of sp³-hybridized carbons (Fsp3) is 0.174. The number of methoxy groups -OCH3 is 1. The van der Waals surface area contributed by atoms with Crippen molar-refractivity contribution in [2.75, 3.05) is 17.1 Å². The lowest BCUT2D eigenvalue weighted by atomic mass is 10.1. The fourth-order valence-corrected chi connectivity index (χ4v) is 4.68. The molecule has 3 aromatic rings. The predicted octanol–water partition coefficient (Wildman–Crippen LogP) is 4.18. The van der Waals surface area contributed by atoms with E-state index in [1.807, 2.05) is 24.3 Å². The van der Waals surface area contributed by atoms with E-state index in [0.29, 0.717) is 35.8 Å². The van der Waals surface area contributed by atoms with Crippen LogP contribution in [0.25, 0.3) is 0 Å². The summed E-state index contributed by atoms with van der Waals surface area (Å²) in [5, 5.41) is 2.86. The lowest BCUT2D eigenvalue weighted by Gasteiger charge is -2.16. The summed E-state index contributed by atoms with van der Waals surface area (Å²) in [6.07, 6.45) is 0. The molecule has 0 saturated carbocycles. The van der Waals surface area contributed by atoms with Gasteiger partial charge in [-0.2, -0.15) is 0 Å². The summed E-state index contributed by atoms with van der Waals surface area (Å²) in [7, 11) is -2.06. The molecule has 0 aliphatic carbocycles. The van der Waals surface area contributed by atoms with Crippen LogP contribution in [0, 0.1) is 0 Å². The highest BCUT2D eigenvalue weighted by atomic mass is 32.2. The molecule has 0 unspecified atom stereocenters. The van der Waals surface area contributed by atoms with E-state index < -0.39 is 10.0 Å². The van der Waals surface area contributed by atoms with E-state index in [2.05, 4.69) is 10.0 Å². The van der Waals surface area contributed by atoms with Crippen LogP contribution in [0.1, 0.15) is 16.7 Å². The first-order valence-corrected chi connectivity index (χ1v) is 11.4. The second kappa shape index (κ2) is 8.69. The van der Waals surface area contributed by atoms with Crippen molar-refractivity contribution >= 4 is 27.4 Å². The Bertz CT molecular complexity index is 1170. The summed E-state index contributed by atoms with van der Waals surface area (Å²) in [5.74, 6) is 0.437. The van der Waals surface area contributed by atoms with E-state index in [-0.39, 0.29) is 11.8 Å². The Labute approximate surface area is 181 Å². The Balaban J connectivity index is 1.35. The number of hydrogen-bond acceptors (Lipinski definition) is 4. The average Bonchev–Trinajstić information content (AvgIpc) is 3.19. The maximum atomic E-state index is 12.5. The number of carbonyl (C=O) groups is 1. The zero-order valence-corrected chi connectivity index (χ0v) is 17.9. The predicted molar refractivity (Wildman–Crippen MR) is 120 cm³/mol. The van der Waals surface area contributed by atoms with Crippen molar-refractivity contribution < 1.29 is 17.9 Å². The van der Waals surface area contributed by atoms with Crippen LogP contribution in [0.2, 0.25) is 0 Å². The van der Waals surface area contributed by atoms with Crippen LogP contribution < -0.4 is 14.8 Å². The Kier molecular flexibility index (Phi) is 5.81. The Morgan fingerprint density at radius 3 is 2.23 bits per heavy atom. The van der Waals surface area contributed by atoms with Gasteiger partial charge >= 0.3 is 6.03 Å². The molecule has 0 aromatic heterocycles. The lowest BCUT2D eigenvalue weighted by molar-refractivity contribution is 0.212. The van der Waals surface area contributed by atoms with E-state index in [0.717, 1.165) is 11.1 Å². The van der Waals surface area contributed by atoms with Crippen molar-refractivity contribution in [3.05, 3.63) is 89.5 Å². The Hall–Kier alpha value is -3.52. The van der Waals surface area contributed by atoms with E-state index >= 15 is 0 Å². The molecule has 0 fully saturated rings. The molecule has 1 aliphatic heterocycles. The quantitative estimate of drug-likeness (QED) is 0.605. The van der Waals surface area contributed by atoms with Gasteiger partial charge in [0.05, 0.1) is 12.9 Å². The molecule has 0 radical (unpaired) electrons. The minimum atomic E-state index is -3.59. The SMILES string of the molecule is COc1cccc(CS(=O)(=O)Nc2ccc(NC(=O)N3Cc4ccccc4C3)cc2)c1. The van der Waals surface area contributed by atoms with Crippen LogP contribution in [0.3, 0.4) is 0 Å². The van der Waals surface area contributed by atoms with Crippen molar-refractivity contribution in [3.8, 4) is 5.75 Å². The molecule has 1 aliphatic rings. The molecule has 0 spiro atoms. The van der Waals surface area contributed by atoms with E-state index in [1.54, 1.807) is 53.4 Å². The highest BCUT2D eigenvalue weighted by Crippen LogP contribution is 2.24. The first-order chi connectivity index (χ1) is 14.9. The molecule has 3 aromatic carbocycles. The molecule has 1 heterocycles. The molecule has 2 N–H and O–H groups in total. The maximum Gasteiger partial charge on any atom is 0.322 e. The van der Waals surface area contributed by atoms with Gasteiger partial charge in [-0.3, -0.25) is 4.72 Å². The molecule has 0 saturated heterocycles. The minimum absolute atomic E-state index is 0.168. The molecule has 4 rings (SSSR count). The number of hydrogen-bond donors (Lipinski definition) is 2. The highest BCUT2D eigenvalue weighted by Gasteiger charge is 2.22. The molecule has 7 nitrogen and oxygen atoms in total. The summed E-state index contributed by atoms with van der Waals surface area (Å²) < 4.78 is 32.7. The fourth-order valence-electron chi connectivity index (χ4n) is 3.50. The maximum absolute atomic E-state index is 12.5. The summed E-state index contributed by atoms with van der Waals surface area (Å²) >= 11 is 0. The first-order valence-electron chi connectivity index (χ1n) is 9.78. The van der Waals surface area contributed by atoms with Crippen molar-refractivity contribution in [2.45, 2.75) is 18.8 Å². The standard InChI is InChI=1S/C23H23N3O4S/c1-30-22-8-4-5-17(13-22)16-31(28,29)25-21-11-9-20(10-12-21)24-23(27)26-14-18-6-2-3-7-19(18)15-26/h2-13,25H,14-16H2,1H3,(H,24,27). The smallest absolute Gasteiger partial charge is 0.322 e. The van der Waals surface area contributed by atoms with Crippen molar-refractivity contribution in [3.63, 3.8) is 0 Å². The van der Waals surface area contributed by atoms with E-state index in [1.165, 1.54) is 7.11 Å².